The van der Waals surface area contributed by atoms with E-state index in [4.69, 9.17) is 40.2 Å². The maximum absolute atomic E-state index is 13.2. The van der Waals surface area contributed by atoms with Gasteiger partial charge in [0, 0.05) is 15.6 Å². The number of benzene rings is 3. The molecule has 1 fully saturated rings. The number of carbonyl (C=O) groups excluding carboxylic acids is 1. The van der Waals surface area contributed by atoms with Crippen LogP contribution in [-0.4, -0.2) is 20.4 Å². The van der Waals surface area contributed by atoms with Gasteiger partial charge in [-0.2, -0.15) is 0 Å². The molecular weight excluding hydrogens is 648 g/mol. The molecule has 1 aliphatic heterocycles. The minimum Gasteiger partial charge on any atom is -0.486 e. The van der Waals surface area contributed by atoms with Crippen LogP contribution in [0.3, 0.4) is 0 Å². The van der Waals surface area contributed by atoms with Crippen LogP contribution in [0.2, 0.25) is 10.0 Å². The lowest BCUT2D eigenvalue weighted by Crippen LogP contribution is -2.31. The zero-order chi connectivity index (χ0) is 24.4. The third kappa shape index (κ3) is 6.15. The number of carbonyl (C=O) groups is 1. The van der Waals surface area contributed by atoms with Crippen molar-refractivity contribution in [1.29, 1.82) is 0 Å². The zero-order valence-corrected chi connectivity index (χ0v) is 23.7. The van der Waals surface area contributed by atoms with Crippen LogP contribution >= 0.6 is 79.0 Å². The van der Waals surface area contributed by atoms with Crippen LogP contribution in [-0.2, 0) is 24.4 Å². The van der Waals surface area contributed by atoms with E-state index in [1.165, 1.54) is 23.9 Å². The standard InChI is InChI=1S/C24H16Br2Cl2FNO2S2/c25-18-7-14(8-19(26)22(18)32-12-15-3-4-16(27)10-20(15)28)9-21-23(31)30(24(33)34-21)11-13-1-5-17(29)6-2-13/h1-8,10,21H,9,11-12H2/t21-/m1/s1. The molecule has 176 valence electrons. The van der Waals surface area contributed by atoms with Crippen molar-refractivity contribution in [2.45, 2.75) is 24.8 Å². The fraction of sp³-hybridized carbons (Fsp3) is 0.167. The number of rotatable bonds is 7. The molecule has 1 saturated heterocycles. The Kier molecular flexibility index (Phi) is 8.59. The monoisotopic (exact) mass is 661 g/mol. The number of nitrogens with zero attached hydrogens (tertiary/aromatic N) is 1. The van der Waals surface area contributed by atoms with E-state index in [-0.39, 0.29) is 23.6 Å². The summed E-state index contributed by atoms with van der Waals surface area (Å²) in [4.78, 5) is 14.6. The molecule has 3 nitrogen and oxygen atoms in total. The predicted molar refractivity (Wildman–Crippen MR) is 147 cm³/mol. The Morgan fingerprint density at radius 2 is 1.71 bits per heavy atom. The van der Waals surface area contributed by atoms with E-state index < -0.39 is 0 Å². The van der Waals surface area contributed by atoms with Crippen molar-refractivity contribution in [3.63, 3.8) is 0 Å². The molecular formula is C24H16Br2Cl2FNO2S2. The third-order valence-corrected chi connectivity index (χ3v) is 8.47. The van der Waals surface area contributed by atoms with Crippen LogP contribution in [0.1, 0.15) is 16.7 Å². The van der Waals surface area contributed by atoms with Crippen molar-refractivity contribution in [1.82, 2.24) is 4.90 Å². The molecule has 10 heteroatoms. The van der Waals surface area contributed by atoms with Crippen LogP contribution in [0.15, 0.2) is 63.5 Å². The topological polar surface area (TPSA) is 29.5 Å². The van der Waals surface area contributed by atoms with Gasteiger partial charge in [0.2, 0.25) is 5.91 Å². The van der Waals surface area contributed by atoms with Gasteiger partial charge in [0.25, 0.3) is 0 Å². The first-order valence-electron chi connectivity index (χ1n) is 10.0. The first-order chi connectivity index (χ1) is 16.2. The predicted octanol–water partition coefficient (Wildman–Crippen LogP) is 8.21. The molecule has 0 aromatic heterocycles. The minimum atomic E-state index is -0.327. The van der Waals surface area contributed by atoms with Gasteiger partial charge in [-0.05, 0) is 85.8 Å². The summed E-state index contributed by atoms with van der Waals surface area (Å²) in [5.41, 5.74) is 2.59. The Morgan fingerprint density at radius 1 is 1.03 bits per heavy atom. The van der Waals surface area contributed by atoms with E-state index in [2.05, 4.69) is 31.9 Å². The summed E-state index contributed by atoms with van der Waals surface area (Å²) in [6.07, 6.45) is 0.504. The first-order valence-corrected chi connectivity index (χ1v) is 13.7. The lowest BCUT2D eigenvalue weighted by atomic mass is 10.1. The summed E-state index contributed by atoms with van der Waals surface area (Å²) in [6, 6.07) is 15.2. The SMILES string of the molecule is O=C1[C@@H](Cc2cc(Br)c(OCc3ccc(Cl)cc3Cl)c(Br)c2)SC(=S)N1Cc1ccc(F)cc1. The highest BCUT2D eigenvalue weighted by Gasteiger charge is 2.37. The molecule has 0 spiro atoms. The first kappa shape index (κ1) is 25.9. The Balaban J connectivity index is 1.43. The molecule has 1 aliphatic rings. The van der Waals surface area contributed by atoms with Crippen LogP contribution in [0.25, 0.3) is 0 Å². The Morgan fingerprint density at radius 3 is 2.35 bits per heavy atom. The Labute approximate surface area is 233 Å². The van der Waals surface area contributed by atoms with Crippen molar-refractivity contribution >= 4 is 89.3 Å². The van der Waals surface area contributed by atoms with Gasteiger partial charge in [0.1, 0.15) is 22.5 Å². The highest BCUT2D eigenvalue weighted by atomic mass is 79.9. The maximum atomic E-state index is 13.2. The molecule has 0 radical (unpaired) electrons. The second-order valence-corrected chi connectivity index (χ2v) is 11.9. The molecule has 1 heterocycles. The molecule has 1 atom stereocenters. The molecule has 0 N–H and O–H groups in total. The smallest absolute Gasteiger partial charge is 0.242 e. The second kappa shape index (κ2) is 11.3. The maximum Gasteiger partial charge on any atom is 0.242 e. The largest absolute Gasteiger partial charge is 0.486 e. The van der Waals surface area contributed by atoms with Crippen molar-refractivity contribution in [2.24, 2.45) is 0 Å². The second-order valence-electron chi connectivity index (χ2n) is 7.54. The molecule has 0 aliphatic carbocycles. The third-order valence-electron chi connectivity index (χ3n) is 5.13. The number of thiocarbonyl (C=S) groups is 1. The summed E-state index contributed by atoms with van der Waals surface area (Å²) < 4.78 is 21.2. The fourth-order valence-electron chi connectivity index (χ4n) is 3.41. The lowest BCUT2D eigenvalue weighted by molar-refractivity contribution is -0.126. The number of hydrogen-bond donors (Lipinski definition) is 0. The van der Waals surface area contributed by atoms with Crippen LogP contribution in [0.4, 0.5) is 4.39 Å². The minimum absolute atomic E-state index is 0.0516. The molecule has 1 amide bonds. The molecule has 3 aromatic rings. The Bertz CT molecular complexity index is 1240. The van der Waals surface area contributed by atoms with Gasteiger partial charge in [0.05, 0.1) is 20.7 Å². The van der Waals surface area contributed by atoms with Gasteiger partial charge in [-0.3, -0.25) is 9.69 Å². The van der Waals surface area contributed by atoms with Crippen molar-refractivity contribution in [2.75, 3.05) is 0 Å². The molecule has 4 rings (SSSR count). The highest BCUT2D eigenvalue weighted by molar-refractivity contribution is 9.11. The molecule has 0 bridgehead atoms. The highest BCUT2D eigenvalue weighted by Crippen LogP contribution is 2.38. The van der Waals surface area contributed by atoms with E-state index in [9.17, 15) is 9.18 Å². The molecule has 0 unspecified atom stereocenters. The average Bonchev–Trinajstić information content (AvgIpc) is 3.03. The van der Waals surface area contributed by atoms with Crippen LogP contribution in [0, 0.1) is 5.82 Å². The van der Waals surface area contributed by atoms with E-state index >= 15 is 0 Å². The number of amides is 1. The number of halogens is 5. The Hall–Kier alpha value is -1.16. The summed E-state index contributed by atoms with van der Waals surface area (Å²) in [6.45, 7) is 0.602. The molecule has 34 heavy (non-hydrogen) atoms. The summed E-state index contributed by atoms with van der Waals surface area (Å²) >= 11 is 26.2. The van der Waals surface area contributed by atoms with E-state index in [0.29, 0.717) is 33.1 Å². The molecule has 3 aromatic carbocycles. The van der Waals surface area contributed by atoms with Gasteiger partial charge in [0.15, 0.2) is 0 Å². The van der Waals surface area contributed by atoms with E-state index in [1.807, 2.05) is 18.2 Å². The number of ether oxygens (including phenoxy) is 1. The van der Waals surface area contributed by atoms with Gasteiger partial charge in [-0.25, -0.2) is 4.39 Å². The average molecular weight is 664 g/mol. The van der Waals surface area contributed by atoms with Gasteiger partial charge in [-0.1, -0.05) is 65.4 Å². The van der Waals surface area contributed by atoms with Crippen molar-refractivity contribution in [3.05, 3.63) is 96.1 Å². The van der Waals surface area contributed by atoms with Crippen molar-refractivity contribution < 1.29 is 13.9 Å². The number of thioether (sulfide) groups is 1. The summed E-state index contributed by atoms with van der Waals surface area (Å²) in [5.74, 6) is 0.268. The summed E-state index contributed by atoms with van der Waals surface area (Å²) in [7, 11) is 0. The quantitative estimate of drug-likeness (QED) is 0.238. The van der Waals surface area contributed by atoms with E-state index in [1.54, 1.807) is 29.2 Å². The lowest BCUT2D eigenvalue weighted by Gasteiger charge is -2.16. The summed E-state index contributed by atoms with van der Waals surface area (Å²) in [5, 5.41) is 0.774. The van der Waals surface area contributed by atoms with Gasteiger partial charge in [-0.15, -0.1) is 0 Å². The number of hydrogen-bond acceptors (Lipinski definition) is 4. The van der Waals surface area contributed by atoms with Crippen LogP contribution < -0.4 is 4.74 Å². The fourth-order valence-corrected chi connectivity index (χ4v) is 6.92. The van der Waals surface area contributed by atoms with E-state index in [0.717, 1.165) is 25.6 Å². The van der Waals surface area contributed by atoms with Gasteiger partial charge >= 0.3 is 0 Å². The molecule has 0 saturated carbocycles. The van der Waals surface area contributed by atoms with Gasteiger partial charge < -0.3 is 4.74 Å². The van der Waals surface area contributed by atoms with Crippen molar-refractivity contribution in [3.8, 4) is 5.75 Å². The zero-order valence-electron chi connectivity index (χ0n) is 17.4. The van der Waals surface area contributed by atoms with Crippen LogP contribution in [0.5, 0.6) is 5.75 Å². The normalized spacial score (nSPS) is 15.8.